The highest BCUT2D eigenvalue weighted by molar-refractivity contribution is 5.78. The van der Waals surface area contributed by atoms with E-state index < -0.39 is 6.43 Å². The number of anilines is 2. The second-order valence-corrected chi connectivity index (χ2v) is 8.86. The largest absolute Gasteiger partial charge is 0.378 e. The van der Waals surface area contributed by atoms with E-state index in [1.165, 1.54) is 4.57 Å². The predicted molar refractivity (Wildman–Crippen MR) is 128 cm³/mol. The molecule has 10 heteroatoms. The maximum Gasteiger partial charge on any atom is 0.296 e. The molecule has 1 saturated heterocycles. The maximum atomic E-state index is 14.0. The number of halogens is 2. The van der Waals surface area contributed by atoms with Crippen molar-refractivity contribution in [3.63, 3.8) is 0 Å². The van der Waals surface area contributed by atoms with Gasteiger partial charge in [-0.1, -0.05) is 19.1 Å². The lowest BCUT2D eigenvalue weighted by Gasteiger charge is -2.31. The van der Waals surface area contributed by atoms with Crippen molar-refractivity contribution in [2.24, 2.45) is 0 Å². The van der Waals surface area contributed by atoms with Crippen LogP contribution in [0, 0.1) is 0 Å². The van der Waals surface area contributed by atoms with Gasteiger partial charge in [-0.05, 0) is 44.4 Å². The lowest BCUT2D eigenvalue weighted by Crippen LogP contribution is -2.38. The van der Waals surface area contributed by atoms with Crippen LogP contribution < -0.4 is 15.5 Å². The van der Waals surface area contributed by atoms with Gasteiger partial charge >= 0.3 is 0 Å². The number of aromatic nitrogens is 4. The summed E-state index contributed by atoms with van der Waals surface area (Å²) < 4.78 is 34.9. The van der Waals surface area contributed by atoms with Crippen molar-refractivity contribution in [1.29, 1.82) is 0 Å². The Morgan fingerprint density at radius 3 is 2.50 bits per heavy atom. The number of imidazole rings is 1. The Morgan fingerprint density at radius 2 is 1.76 bits per heavy atom. The van der Waals surface area contributed by atoms with E-state index >= 15 is 0 Å². The molecule has 1 saturated carbocycles. The first-order valence-corrected chi connectivity index (χ1v) is 12.1. The highest BCUT2D eigenvalue weighted by Crippen LogP contribution is 2.30. The molecule has 2 aromatic heterocycles. The molecule has 1 aromatic carbocycles. The molecule has 0 bridgehead atoms. The number of rotatable bonds is 7. The van der Waals surface area contributed by atoms with E-state index in [0.717, 1.165) is 32.2 Å². The fourth-order valence-electron chi connectivity index (χ4n) is 4.89. The minimum Gasteiger partial charge on any atom is -0.378 e. The van der Waals surface area contributed by atoms with Crippen LogP contribution >= 0.6 is 0 Å². The van der Waals surface area contributed by atoms with Gasteiger partial charge in [0.25, 0.3) is 6.43 Å². The third kappa shape index (κ3) is 4.83. The van der Waals surface area contributed by atoms with Crippen LogP contribution in [0.4, 0.5) is 20.5 Å². The van der Waals surface area contributed by atoms with E-state index in [4.69, 9.17) is 14.7 Å². The number of morpholine rings is 1. The Bertz CT molecular complexity index is 1110. The summed E-state index contributed by atoms with van der Waals surface area (Å²) in [6.07, 6.45) is 1.52. The summed E-state index contributed by atoms with van der Waals surface area (Å²) >= 11 is 0. The van der Waals surface area contributed by atoms with Crippen LogP contribution in [0.1, 0.15) is 44.9 Å². The van der Waals surface area contributed by atoms with Crippen molar-refractivity contribution in [1.82, 2.24) is 24.8 Å². The minimum atomic E-state index is -2.73. The zero-order chi connectivity index (χ0) is 23.5. The maximum absolute atomic E-state index is 14.0. The Morgan fingerprint density at radius 1 is 1.03 bits per heavy atom. The smallest absolute Gasteiger partial charge is 0.296 e. The van der Waals surface area contributed by atoms with Crippen molar-refractivity contribution in [3.05, 3.63) is 36.2 Å². The van der Waals surface area contributed by atoms with Crippen molar-refractivity contribution >= 4 is 22.8 Å². The number of benzene rings is 1. The van der Waals surface area contributed by atoms with Gasteiger partial charge in [-0.2, -0.15) is 9.97 Å². The predicted octanol–water partition coefficient (Wildman–Crippen LogP) is 3.92. The molecule has 1 aliphatic carbocycles. The SMILES string of the molecule is CCN[C@H]1CC[C@H](Nc2cc(-n3c(C(F)F)nc4ccccc43)nc(N3CCOCC3)n2)CC1. The monoisotopic (exact) mass is 471 g/mol. The van der Waals surface area contributed by atoms with E-state index in [1.54, 1.807) is 24.3 Å². The first-order chi connectivity index (χ1) is 16.6. The molecule has 0 spiro atoms. The number of nitrogens with zero attached hydrogens (tertiary/aromatic N) is 5. The van der Waals surface area contributed by atoms with Gasteiger partial charge in [-0.25, -0.2) is 13.8 Å². The highest BCUT2D eigenvalue weighted by Gasteiger charge is 2.25. The Labute approximate surface area is 197 Å². The molecule has 182 valence electrons. The Kier molecular flexibility index (Phi) is 6.87. The van der Waals surface area contributed by atoms with Gasteiger partial charge < -0.3 is 20.3 Å². The number of nitrogens with one attached hydrogen (secondary N) is 2. The molecule has 0 radical (unpaired) electrons. The zero-order valence-corrected chi connectivity index (χ0v) is 19.4. The van der Waals surface area contributed by atoms with Crippen LogP contribution in [0.3, 0.4) is 0 Å². The fraction of sp³-hybridized carbons (Fsp3) is 0.542. The van der Waals surface area contributed by atoms with Crippen LogP contribution in [-0.4, -0.2) is 64.5 Å². The molecule has 2 N–H and O–H groups in total. The molecular weight excluding hydrogens is 440 g/mol. The summed E-state index contributed by atoms with van der Waals surface area (Å²) in [6.45, 7) is 5.59. The summed E-state index contributed by atoms with van der Waals surface area (Å²) in [7, 11) is 0. The lowest BCUT2D eigenvalue weighted by molar-refractivity contribution is 0.122. The van der Waals surface area contributed by atoms with Crippen LogP contribution in [0.5, 0.6) is 0 Å². The van der Waals surface area contributed by atoms with Gasteiger partial charge in [0, 0.05) is 31.2 Å². The molecule has 34 heavy (non-hydrogen) atoms. The summed E-state index contributed by atoms with van der Waals surface area (Å²) in [5.41, 5.74) is 1.11. The van der Waals surface area contributed by atoms with Gasteiger partial charge in [-0.15, -0.1) is 0 Å². The van der Waals surface area contributed by atoms with E-state index in [2.05, 4.69) is 22.5 Å². The van der Waals surface area contributed by atoms with Gasteiger partial charge in [0.1, 0.15) is 11.6 Å². The quantitative estimate of drug-likeness (QED) is 0.541. The van der Waals surface area contributed by atoms with Crippen LogP contribution in [-0.2, 0) is 4.74 Å². The molecule has 3 heterocycles. The fourth-order valence-corrected chi connectivity index (χ4v) is 4.89. The van der Waals surface area contributed by atoms with Crippen molar-refractivity contribution < 1.29 is 13.5 Å². The second kappa shape index (κ2) is 10.2. The van der Waals surface area contributed by atoms with Crippen LogP contribution in [0.25, 0.3) is 16.9 Å². The lowest BCUT2D eigenvalue weighted by atomic mass is 9.91. The molecule has 2 fully saturated rings. The number of hydrogen-bond acceptors (Lipinski definition) is 7. The third-order valence-electron chi connectivity index (χ3n) is 6.58. The minimum absolute atomic E-state index is 0.282. The number of para-hydroxylation sites is 2. The summed E-state index contributed by atoms with van der Waals surface area (Å²) in [6, 6.07) is 9.75. The average Bonchev–Trinajstić information content (AvgIpc) is 3.26. The number of ether oxygens (including phenoxy) is 1. The van der Waals surface area contributed by atoms with E-state index in [-0.39, 0.29) is 11.9 Å². The number of hydrogen-bond donors (Lipinski definition) is 2. The van der Waals surface area contributed by atoms with Crippen LogP contribution in [0.15, 0.2) is 30.3 Å². The molecule has 0 atom stereocenters. The first-order valence-electron chi connectivity index (χ1n) is 12.1. The molecule has 1 aliphatic heterocycles. The van der Waals surface area contributed by atoms with E-state index in [0.29, 0.717) is 61.0 Å². The highest BCUT2D eigenvalue weighted by atomic mass is 19.3. The third-order valence-corrected chi connectivity index (χ3v) is 6.58. The van der Waals surface area contributed by atoms with Gasteiger partial charge in [0.05, 0.1) is 24.2 Å². The Hall–Kier alpha value is -2.85. The second-order valence-electron chi connectivity index (χ2n) is 8.86. The van der Waals surface area contributed by atoms with Crippen LogP contribution in [0.2, 0.25) is 0 Å². The summed E-state index contributed by atoms with van der Waals surface area (Å²) in [4.78, 5) is 15.7. The average molecular weight is 472 g/mol. The normalized spacial score (nSPS) is 21.4. The molecule has 3 aromatic rings. The first kappa shape index (κ1) is 22.9. The van der Waals surface area contributed by atoms with E-state index in [1.807, 2.05) is 11.0 Å². The molecular formula is C24H31F2N7O. The van der Waals surface area contributed by atoms with Gasteiger partial charge in [-0.3, -0.25) is 4.57 Å². The van der Waals surface area contributed by atoms with Gasteiger partial charge in [0.15, 0.2) is 5.82 Å². The van der Waals surface area contributed by atoms with E-state index in [9.17, 15) is 8.78 Å². The van der Waals surface area contributed by atoms with Crippen molar-refractivity contribution in [3.8, 4) is 5.82 Å². The van der Waals surface area contributed by atoms with Crippen molar-refractivity contribution in [2.45, 2.75) is 51.1 Å². The molecule has 5 rings (SSSR count). The summed E-state index contributed by atoms with van der Waals surface area (Å²) in [5.74, 6) is 1.24. The molecule has 2 aliphatic rings. The number of fused-ring (bicyclic) bond motifs is 1. The molecule has 0 amide bonds. The van der Waals surface area contributed by atoms with Crippen molar-refractivity contribution in [2.75, 3.05) is 43.1 Å². The van der Waals surface area contributed by atoms with Gasteiger partial charge in [0.2, 0.25) is 5.95 Å². The summed E-state index contributed by atoms with van der Waals surface area (Å²) in [5, 5.41) is 7.09. The standard InChI is InChI=1S/C24H31F2N7O/c1-2-27-16-7-9-17(10-8-16)28-20-15-21(31-24(30-20)32-11-13-34-14-12-32)33-19-6-4-3-5-18(19)29-23(33)22(25)26/h3-6,15-17,22,27H,2,7-14H2,1H3,(H,28,30,31)/t16-,17-. The topological polar surface area (TPSA) is 80.1 Å². The Balaban J connectivity index is 1.51. The number of alkyl halides is 2. The molecule has 0 unspecified atom stereocenters. The molecule has 8 nitrogen and oxygen atoms in total. The zero-order valence-electron chi connectivity index (χ0n) is 19.4.